The van der Waals surface area contributed by atoms with Crippen molar-refractivity contribution in [2.75, 3.05) is 46.8 Å². The minimum Gasteiger partial charge on any atom is -0.346 e. The SMILES string of the molecule is C=[N+](CC)C1=NCCCC1.CCN(C)C1=NCCN1C. The van der Waals surface area contributed by atoms with Crippen LogP contribution in [0.15, 0.2) is 9.98 Å². The van der Waals surface area contributed by atoms with Gasteiger partial charge in [0.05, 0.1) is 26.2 Å². The molecule has 2 heterocycles. The molecule has 0 bridgehead atoms. The summed E-state index contributed by atoms with van der Waals surface area (Å²) in [6.07, 6.45) is 3.66. The molecule has 0 fully saturated rings. The van der Waals surface area contributed by atoms with Crippen LogP contribution < -0.4 is 0 Å². The van der Waals surface area contributed by atoms with Gasteiger partial charge in [0, 0.05) is 27.2 Å². The third-order valence-corrected chi connectivity index (χ3v) is 3.70. The summed E-state index contributed by atoms with van der Waals surface area (Å²) in [6.45, 7) is 13.1. The van der Waals surface area contributed by atoms with Gasteiger partial charge in [-0.3, -0.25) is 4.99 Å². The van der Waals surface area contributed by atoms with E-state index >= 15 is 0 Å². The molecule has 0 amide bonds. The predicted octanol–water partition coefficient (Wildman–Crippen LogP) is 1.54. The fourth-order valence-electron chi connectivity index (χ4n) is 2.20. The second-order valence-electron chi connectivity index (χ2n) is 5.23. The number of hydrogen-bond donors (Lipinski definition) is 0. The normalized spacial score (nSPS) is 17.9. The largest absolute Gasteiger partial charge is 0.346 e. The standard InChI is InChI=1S/C8H15N2.C7H15N3/c1-3-10(2)8-6-4-5-7-9-8;1-4-9(2)7-8-5-6-10(7)3/h2-7H2,1H3;4-6H2,1-3H3/q+1;. The number of nitrogens with zero attached hydrogens (tertiary/aromatic N) is 5. The molecule has 0 aromatic rings. The third-order valence-electron chi connectivity index (χ3n) is 3.70. The Morgan fingerprint density at radius 2 is 2.00 bits per heavy atom. The van der Waals surface area contributed by atoms with Gasteiger partial charge in [-0.2, -0.15) is 0 Å². The summed E-state index contributed by atoms with van der Waals surface area (Å²) in [5, 5.41) is 0. The molecule has 2 aliphatic heterocycles. The number of hydrogen-bond acceptors (Lipinski definition) is 4. The van der Waals surface area contributed by atoms with Crippen molar-refractivity contribution in [1.29, 1.82) is 0 Å². The van der Waals surface area contributed by atoms with Gasteiger partial charge < -0.3 is 9.80 Å². The van der Waals surface area contributed by atoms with Gasteiger partial charge in [0.2, 0.25) is 0 Å². The second-order valence-corrected chi connectivity index (χ2v) is 5.23. The molecule has 114 valence electrons. The van der Waals surface area contributed by atoms with E-state index < -0.39 is 0 Å². The molecule has 0 unspecified atom stereocenters. The van der Waals surface area contributed by atoms with Crippen LogP contribution in [0.5, 0.6) is 0 Å². The molecule has 0 radical (unpaired) electrons. The number of aliphatic imine (C=N–C) groups is 2. The van der Waals surface area contributed by atoms with Crippen LogP contribution in [-0.4, -0.2) is 79.7 Å². The van der Waals surface area contributed by atoms with E-state index in [9.17, 15) is 0 Å². The van der Waals surface area contributed by atoms with Gasteiger partial charge in [-0.1, -0.05) is 4.99 Å². The summed E-state index contributed by atoms with van der Waals surface area (Å²) in [5.74, 6) is 2.32. The number of amidine groups is 1. The van der Waals surface area contributed by atoms with Crippen LogP contribution in [0, 0.1) is 0 Å². The van der Waals surface area contributed by atoms with Gasteiger partial charge in [-0.15, -0.1) is 0 Å². The Labute approximate surface area is 123 Å². The Morgan fingerprint density at radius 1 is 1.25 bits per heavy atom. The Bertz CT molecular complexity index is 372. The fraction of sp³-hybridized carbons (Fsp3) is 0.800. The first-order valence-corrected chi connectivity index (χ1v) is 7.68. The van der Waals surface area contributed by atoms with Crippen LogP contribution in [0.2, 0.25) is 0 Å². The Hall–Kier alpha value is -1.39. The van der Waals surface area contributed by atoms with Crippen molar-refractivity contribution in [3.8, 4) is 0 Å². The van der Waals surface area contributed by atoms with Crippen LogP contribution >= 0.6 is 0 Å². The van der Waals surface area contributed by atoms with Gasteiger partial charge in [-0.25, -0.2) is 4.58 Å². The van der Waals surface area contributed by atoms with Crippen LogP contribution in [0.1, 0.15) is 33.1 Å². The lowest BCUT2D eigenvalue weighted by atomic mass is 10.2. The van der Waals surface area contributed by atoms with Crippen molar-refractivity contribution in [3.05, 3.63) is 0 Å². The van der Waals surface area contributed by atoms with E-state index in [1.807, 2.05) is 4.58 Å². The molecule has 0 aromatic heterocycles. The summed E-state index contributed by atoms with van der Waals surface area (Å²) < 4.78 is 1.99. The van der Waals surface area contributed by atoms with E-state index in [0.717, 1.165) is 45.1 Å². The summed E-state index contributed by atoms with van der Waals surface area (Å²) in [7, 11) is 4.15. The van der Waals surface area contributed by atoms with Gasteiger partial charge >= 0.3 is 0 Å². The first-order valence-electron chi connectivity index (χ1n) is 7.68. The highest BCUT2D eigenvalue weighted by Crippen LogP contribution is 2.05. The zero-order chi connectivity index (χ0) is 15.0. The second kappa shape index (κ2) is 8.72. The quantitative estimate of drug-likeness (QED) is 0.568. The van der Waals surface area contributed by atoms with Crippen molar-refractivity contribution in [1.82, 2.24) is 9.80 Å². The molecule has 0 atom stereocenters. The zero-order valence-electron chi connectivity index (χ0n) is 13.6. The van der Waals surface area contributed by atoms with Gasteiger partial charge in [-0.05, 0) is 26.7 Å². The number of guanidine groups is 1. The lowest BCUT2D eigenvalue weighted by Crippen LogP contribution is -2.36. The molecule has 5 heteroatoms. The molecule has 2 aliphatic rings. The maximum atomic E-state index is 4.38. The first kappa shape index (κ1) is 16.7. The molecule has 0 saturated carbocycles. The van der Waals surface area contributed by atoms with E-state index in [0.29, 0.717) is 0 Å². The minimum atomic E-state index is 0.955. The number of likely N-dealkylation sites (N-methyl/N-ethyl adjacent to an activating group) is 1. The fourth-order valence-corrected chi connectivity index (χ4v) is 2.20. The molecular weight excluding hydrogens is 250 g/mol. The maximum absolute atomic E-state index is 4.38. The Morgan fingerprint density at radius 3 is 2.45 bits per heavy atom. The minimum absolute atomic E-state index is 0.955. The lowest BCUT2D eigenvalue weighted by Gasteiger charge is -2.22. The van der Waals surface area contributed by atoms with Crippen molar-refractivity contribution in [2.24, 2.45) is 9.98 Å². The molecule has 0 saturated heterocycles. The molecule has 0 spiro atoms. The highest BCUT2D eigenvalue weighted by atomic mass is 15.4. The zero-order valence-corrected chi connectivity index (χ0v) is 13.6. The van der Waals surface area contributed by atoms with Gasteiger partial charge in [0.25, 0.3) is 5.84 Å². The molecule has 2 rings (SSSR count). The molecule has 20 heavy (non-hydrogen) atoms. The summed E-state index contributed by atoms with van der Waals surface area (Å²) in [6, 6.07) is 0. The molecule has 5 nitrogen and oxygen atoms in total. The van der Waals surface area contributed by atoms with E-state index in [-0.39, 0.29) is 0 Å². The Balaban J connectivity index is 0.000000200. The van der Waals surface area contributed by atoms with Crippen LogP contribution in [0.4, 0.5) is 0 Å². The molecule has 0 aromatic carbocycles. The molecular formula is C15H30N5+. The summed E-state index contributed by atoms with van der Waals surface area (Å²) in [5.41, 5.74) is 0. The van der Waals surface area contributed by atoms with Crippen molar-refractivity contribution < 1.29 is 4.58 Å². The Kier molecular flexibility index (Phi) is 7.26. The third kappa shape index (κ3) is 4.94. The van der Waals surface area contributed by atoms with Crippen LogP contribution in [0.25, 0.3) is 0 Å². The maximum Gasteiger partial charge on any atom is 0.291 e. The predicted molar refractivity (Wildman–Crippen MR) is 87.3 cm³/mol. The lowest BCUT2D eigenvalue weighted by molar-refractivity contribution is -0.397. The summed E-state index contributed by atoms with van der Waals surface area (Å²) in [4.78, 5) is 13.1. The monoisotopic (exact) mass is 280 g/mol. The first-order chi connectivity index (χ1) is 9.60. The van der Waals surface area contributed by atoms with Crippen molar-refractivity contribution in [3.63, 3.8) is 0 Å². The molecule has 0 N–H and O–H groups in total. The highest BCUT2D eigenvalue weighted by Gasteiger charge is 2.15. The highest BCUT2D eigenvalue weighted by molar-refractivity contribution is 5.81. The average Bonchev–Trinajstić information content (AvgIpc) is 2.93. The number of rotatable bonds is 2. The smallest absolute Gasteiger partial charge is 0.291 e. The van der Waals surface area contributed by atoms with Crippen LogP contribution in [-0.2, 0) is 0 Å². The van der Waals surface area contributed by atoms with Gasteiger partial charge in [0.1, 0.15) is 6.54 Å². The average molecular weight is 280 g/mol. The van der Waals surface area contributed by atoms with E-state index in [1.54, 1.807) is 0 Å². The van der Waals surface area contributed by atoms with Crippen LogP contribution in [0.3, 0.4) is 0 Å². The van der Waals surface area contributed by atoms with E-state index in [1.165, 1.54) is 18.7 Å². The van der Waals surface area contributed by atoms with E-state index in [2.05, 4.69) is 54.4 Å². The molecule has 0 aliphatic carbocycles. The van der Waals surface area contributed by atoms with Crippen molar-refractivity contribution in [2.45, 2.75) is 33.1 Å². The van der Waals surface area contributed by atoms with E-state index in [4.69, 9.17) is 0 Å². The van der Waals surface area contributed by atoms with Crippen molar-refractivity contribution >= 4 is 18.5 Å². The topological polar surface area (TPSA) is 34.2 Å². The van der Waals surface area contributed by atoms with Gasteiger partial charge in [0.15, 0.2) is 5.96 Å². The summed E-state index contributed by atoms with van der Waals surface area (Å²) >= 11 is 0.